The largest absolute Gasteiger partial charge is 0.483 e. The van der Waals surface area contributed by atoms with Crippen LogP contribution in [0.3, 0.4) is 0 Å². The Balaban J connectivity index is 1.48. The van der Waals surface area contributed by atoms with E-state index >= 15 is 0 Å². The summed E-state index contributed by atoms with van der Waals surface area (Å²) in [5, 5.41) is 16.3. The normalized spacial score (nSPS) is 14.6. The van der Waals surface area contributed by atoms with E-state index in [0.717, 1.165) is 22.3 Å². The molecule has 4 rings (SSSR count). The second-order valence-electron chi connectivity index (χ2n) is 9.27. The summed E-state index contributed by atoms with van der Waals surface area (Å²) in [6, 6.07) is 18.6. The van der Waals surface area contributed by atoms with Crippen LogP contribution in [-0.2, 0) is 16.0 Å². The summed E-state index contributed by atoms with van der Waals surface area (Å²) in [5.74, 6) is 0.294. The number of likely N-dealkylation sites (N-methyl/N-ethyl adjacent to an activating group) is 1. The number of para-hydroxylation sites is 1. The lowest BCUT2D eigenvalue weighted by Crippen LogP contribution is -2.32. The summed E-state index contributed by atoms with van der Waals surface area (Å²) in [4.78, 5) is 48.9. The number of nitrogens with one attached hydrogen (secondary N) is 2. The average Bonchev–Trinajstić information content (AvgIpc) is 3.23. The zero-order valence-electron chi connectivity index (χ0n) is 22.1. The molecule has 0 radical (unpaired) electrons. The van der Waals surface area contributed by atoms with Gasteiger partial charge in [-0.1, -0.05) is 36.0 Å². The molecule has 3 aromatic carbocycles. The van der Waals surface area contributed by atoms with Crippen molar-refractivity contribution in [3.8, 4) is 17.2 Å². The fourth-order valence-corrected chi connectivity index (χ4v) is 4.87. The van der Waals surface area contributed by atoms with Crippen LogP contribution in [0.5, 0.6) is 17.2 Å². The molecule has 1 saturated heterocycles. The van der Waals surface area contributed by atoms with E-state index in [-0.39, 0.29) is 29.7 Å². The lowest BCUT2D eigenvalue weighted by atomic mass is 10.1. The van der Waals surface area contributed by atoms with Gasteiger partial charge in [0.15, 0.2) is 6.61 Å². The quantitative estimate of drug-likeness (QED) is 0.239. The number of thioether (sulfide) groups is 1. The molecule has 0 aliphatic carbocycles. The summed E-state index contributed by atoms with van der Waals surface area (Å²) < 4.78 is 11.7. The van der Waals surface area contributed by atoms with Crippen LogP contribution in [0, 0.1) is 10.1 Å². The maximum atomic E-state index is 13.1. The van der Waals surface area contributed by atoms with Crippen molar-refractivity contribution in [3.63, 3.8) is 0 Å². The first-order chi connectivity index (χ1) is 19.1. The third-order valence-corrected chi connectivity index (χ3v) is 6.88. The predicted octanol–water partition coefficient (Wildman–Crippen LogP) is 5.14. The van der Waals surface area contributed by atoms with Gasteiger partial charge in [-0.05, 0) is 50.1 Å². The molecule has 1 aliphatic heterocycles. The minimum atomic E-state index is -0.595. The van der Waals surface area contributed by atoms with E-state index < -0.39 is 27.9 Å². The number of nitro benzene ring substituents is 1. The van der Waals surface area contributed by atoms with Gasteiger partial charge in [-0.3, -0.25) is 29.8 Å². The number of rotatable bonds is 11. The second kappa shape index (κ2) is 12.5. The summed E-state index contributed by atoms with van der Waals surface area (Å²) >= 11 is 0.903. The summed E-state index contributed by atoms with van der Waals surface area (Å²) in [7, 11) is 1.42. The van der Waals surface area contributed by atoms with Crippen molar-refractivity contribution >= 4 is 45.9 Å². The molecule has 1 atom stereocenters. The van der Waals surface area contributed by atoms with Gasteiger partial charge in [0.2, 0.25) is 5.91 Å². The van der Waals surface area contributed by atoms with Crippen molar-refractivity contribution < 1.29 is 28.8 Å². The van der Waals surface area contributed by atoms with E-state index in [9.17, 15) is 24.5 Å². The third-order valence-electron chi connectivity index (χ3n) is 5.90. The molecule has 0 saturated carbocycles. The maximum absolute atomic E-state index is 13.1. The minimum absolute atomic E-state index is 0.0402. The van der Waals surface area contributed by atoms with Gasteiger partial charge in [-0.15, -0.1) is 0 Å². The second-order valence-corrected chi connectivity index (χ2v) is 10.4. The van der Waals surface area contributed by atoms with Gasteiger partial charge in [-0.2, -0.15) is 0 Å². The fraction of sp³-hybridized carbons (Fsp3) is 0.250. The topological polar surface area (TPSA) is 140 Å². The highest BCUT2D eigenvalue weighted by molar-refractivity contribution is 8.15. The first kappa shape index (κ1) is 28.4. The number of ether oxygens (including phenoxy) is 2. The van der Waals surface area contributed by atoms with E-state index in [1.165, 1.54) is 25.2 Å². The van der Waals surface area contributed by atoms with Crippen LogP contribution in [0.2, 0.25) is 0 Å². The van der Waals surface area contributed by atoms with Gasteiger partial charge in [0.1, 0.15) is 22.9 Å². The summed E-state index contributed by atoms with van der Waals surface area (Å²) in [5.41, 5.74) is 1.28. The first-order valence-electron chi connectivity index (χ1n) is 12.4. The standard InChI is InChI=1S/C28H28N4O7S/c1-17(2)29-19-8-6-9-20(14-19)39-21-11-12-22(32(36)37)23(15-21)31(3)26(33)16-38-24-10-5-4-7-18(24)13-25-27(34)30-28(35)40-25/h4-12,14-15,17,25,29H,13,16H2,1-3H3,(H,30,34,35). The van der Waals surface area contributed by atoms with Crippen molar-refractivity contribution in [1.29, 1.82) is 0 Å². The number of hydrogen-bond donors (Lipinski definition) is 2. The summed E-state index contributed by atoms with van der Waals surface area (Å²) in [6.45, 7) is 3.61. The van der Waals surface area contributed by atoms with Gasteiger partial charge in [0, 0.05) is 37.0 Å². The van der Waals surface area contributed by atoms with Crippen molar-refractivity contribution in [1.82, 2.24) is 5.32 Å². The number of imide groups is 1. The molecule has 11 nitrogen and oxygen atoms in total. The Labute approximate surface area is 235 Å². The van der Waals surface area contributed by atoms with Crippen LogP contribution in [0.4, 0.5) is 21.9 Å². The Morgan fingerprint density at radius 3 is 2.55 bits per heavy atom. The SMILES string of the molecule is CC(C)Nc1cccc(Oc2ccc([N+](=O)[O-])c(N(C)C(=O)COc3ccccc3CC3SC(=O)NC3=O)c2)c1. The van der Waals surface area contributed by atoms with Gasteiger partial charge in [0.05, 0.1) is 10.2 Å². The van der Waals surface area contributed by atoms with Crippen LogP contribution in [0.25, 0.3) is 0 Å². The summed E-state index contributed by atoms with van der Waals surface area (Å²) in [6.07, 6.45) is 0.237. The highest BCUT2D eigenvalue weighted by atomic mass is 32.2. The molecule has 0 aromatic heterocycles. The minimum Gasteiger partial charge on any atom is -0.483 e. The number of nitrogens with zero attached hydrogens (tertiary/aromatic N) is 2. The Morgan fingerprint density at radius 1 is 1.10 bits per heavy atom. The number of nitro groups is 1. The van der Waals surface area contributed by atoms with Crippen molar-refractivity contribution in [3.05, 3.63) is 82.4 Å². The Morgan fingerprint density at radius 2 is 1.85 bits per heavy atom. The number of carbonyl (C=O) groups excluding carboxylic acids is 3. The monoisotopic (exact) mass is 564 g/mol. The first-order valence-corrected chi connectivity index (χ1v) is 13.3. The van der Waals surface area contributed by atoms with Crippen LogP contribution < -0.4 is 25.0 Å². The molecule has 1 fully saturated rings. The Kier molecular flexibility index (Phi) is 8.90. The number of anilines is 2. The zero-order valence-corrected chi connectivity index (χ0v) is 22.9. The lowest BCUT2D eigenvalue weighted by Gasteiger charge is -2.19. The lowest BCUT2D eigenvalue weighted by molar-refractivity contribution is -0.384. The van der Waals surface area contributed by atoms with Crippen molar-refractivity contribution in [2.24, 2.45) is 0 Å². The molecular weight excluding hydrogens is 536 g/mol. The molecule has 1 heterocycles. The molecule has 2 N–H and O–H groups in total. The third kappa shape index (κ3) is 7.08. The average molecular weight is 565 g/mol. The van der Waals surface area contributed by atoms with Crippen molar-refractivity contribution in [2.45, 2.75) is 31.6 Å². The van der Waals surface area contributed by atoms with E-state index in [1.54, 1.807) is 30.3 Å². The molecular formula is C28H28N4O7S. The molecule has 12 heteroatoms. The molecule has 0 spiro atoms. The highest BCUT2D eigenvalue weighted by Gasteiger charge is 2.32. The zero-order chi connectivity index (χ0) is 28.8. The maximum Gasteiger partial charge on any atom is 0.293 e. The van der Waals surface area contributed by atoms with Crippen LogP contribution >= 0.6 is 11.8 Å². The fourth-order valence-electron chi connectivity index (χ4n) is 4.02. The van der Waals surface area contributed by atoms with E-state index in [2.05, 4.69) is 10.6 Å². The van der Waals surface area contributed by atoms with E-state index in [0.29, 0.717) is 22.8 Å². The van der Waals surface area contributed by atoms with Gasteiger partial charge >= 0.3 is 0 Å². The highest BCUT2D eigenvalue weighted by Crippen LogP contribution is 2.34. The smallest absolute Gasteiger partial charge is 0.293 e. The number of carbonyl (C=O) groups is 3. The van der Waals surface area contributed by atoms with Crippen LogP contribution in [0.15, 0.2) is 66.7 Å². The van der Waals surface area contributed by atoms with Crippen molar-refractivity contribution in [2.75, 3.05) is 23.9 Å². The van der Waals surface area contributed by atoms with Crippen LogP contribution in [0.1, 0.15) is 19.4 Å². The molecule has 3 amide bonds. The number of amides is 3. The Hall–Kier alpha value is -4.58. The predicted molar refractivity (Wildman–Crippen MR) is 152 cm³/mol. The van der Waals surface area contributed by atoms with Gasteiger partial charge in [-0.25, -0.2) is 0 Å². The Bertz CT molecular complexity index is 1450. The van der Waals surface area contributed by atoms with Gasteiger partial charge < -0.3 is 19.7 Å². The molecule has 3 aromatic rings. The molecule has 1 aliphatic rings. The van der Waals surface area contributed by atoms with E-state index in [4.69, 9.17) is 9.47 Å². The number of hydrogen-bond acceptors (Lipinski definition) is 9. The van der Waals surface area contributed by atoms with Gasteiger partial charge in [0.25, 0.3) is 16.8 Å². The molecule has 40 heavy (non-hydrogen) atoms. The number of benzene rings is 3. The van der Waals surface area contributed by atoms with E-state index in [1.807, 2.05) is 32.0 Å². The molecule has 1 unspecified atom stereocenters. The molecule has 0 bridgehead atoms. The van der Waals surface area contributed by atoms with Crippen LogP contribution in [-0.4, -0.2) is 46.9 Å². The molecule has 208 valence electrons.